The lowest BCUT2D eigenvalue weighted by Crippen LogP contribution is -1.89. The van der Waals surface area contributed by atoms with Crippen molar-refractivity contribution < 1.29 is 0 Å². The summed E-state index contributed by atoms with van der Waals surface area (Å²) in [6, 6.07) is 28.2. The third-order valence-electron chi connectivity index (χ3n) is 5.38. The molecule has 0 spiro atoms. The molecule has 0 bridgehead atoms. The average Bonchev–Trinajstić information content (AvgIpc) is 3.06. The van der Waals surface area contributed by atoms with Gasteiger partial charge < -0.3 is 5.73 Å². The molecule has 6 aromatic rings. The molecule has 0 unspecified atom stereocenters. The quantitative estimate of drug-likeness (QED) is 0.230. The first-order valence-electron chi connectivity index (χ1n) is 8.75. The van der Waals surface area contributed by atoms with Crippen molar-refractivity contribution in [3.63, 3.8) is 0 Å². The van der Waals surface area contributed by atoms with Crippen LogP contribution in [0.1, 0.15) is 0 Å². The number of fused-ring (bicyclic) bond motifs is 9. The number of nitrogen functional groups attached to an aromatic ring is 1. The van der Waals surface area contributed by atoms with Crippen molar-refractivity contribution in [3.8, 4) is 0 Å². The minimum Gasteiger partial charge on any atom is -0.398 e. The largest absolute Gasteiger partial charge is 0.398 e. The van der Waals surface area contributed by atoms with Crippen molar-refractivity contribution in [3.05, 3.63) is 78.9 Å². The summed E-state index contributed by atoms with van der Waals surface area (Å²) in [5.74, 6) is 0. The van der Waals surface area contributed by atoms with E-state index < -0.39 is 0 Å². The number of rotatable bonds is 0. The van der Waals surface area contributed by atoms with E-state index in [0.717, 1.165) is 11.1 Å². The van der Waals surface area contributed by atoms with Gasteiger partial charge in [-0.25, -0.2) is 0 Å². The SMILES string of the molecule is Nc1cc2ccc3ccccc3c2c2c1ccc1c3ccccc3sc12. The van der Waals surface area contributed by atoms with Gasteiger partial charge in [0, 0.05) is 36.6 Å². The van der Waals surface area contributed by atoms with Gasteiger partial charge in [-0.3, -0.25) is 0 Å². The molecule has 122 valence electrons. The molecule has 1 aromatic heterocycles. The molecule has 0 radical (unpaired) electrons. The minimum absolute atomic E-state index is 0.849. The summed E-state index contributed by atoms with van der Waals surface area (Å²) >= 11 is 1.87. The van der Waals surface area contributed by atoms with Crippen LogP contribution in [-0.2, 0) is 0 Å². The molecular formula is C24H15NS. The molecule has 0 amide bonds. The Morgan fingerprint density at radius 2 is 1.31 bits per heavy atom. The molecule has 26 heavy (non-hydrogen) atoms. The van der Waals surface area contributed by atoms with E-state index in [2.05, 4.69) is 78.9 Å². The summed E-state index contributed by atoms with van der Waals surface area (Å²) in [4.78, 5) is 0. The van der Waals surface area contributed by atoms with Crippen molar-refractivity contribution >= 4 is 69.5 Å². The van der Waals surface area contributed by atoms with Crippen LogP contribution in [0.15, 0.2) is 78.9 Å². The first kappa shape index (κ1) is 14.1. The Morgan fingerprint density at radius 3 is 2.23 bits per heavy atom. The molecule has 0 saturated carbocycles. The van der Waals surface area contributed by atoms with Crippen LogP contribution in [0.25, 0.3) is 52.5 Å². The number of hydrogen-bond acceptors (Lipinski definition) is 2. The van der Waals surface area contributed by atoms with E-state index in [1.54, 1.807) is 0 Å². The number of thiophene rings is 1. The van der Waals surface area contributed by atoms with E-state index in [-0.39, 0.29) is 0 Å². The zero-order valence-electron chi connectivity index (χ0n) is 14.0. The van der Waals surface area contributed by atoms with Crippen molar-refractivity contribution in [1.82, 2.24) is 0 Å². The second kappa shape index (κ2) is 4.96. The third-order valence-corrected chi connectivity index (χ3v) is 6.58. The van der Waals surface area contributed by atoms with Gasteiger partial charge in [-0.15, -0.1) is 11.3 Å². The van der Waals surface area contributed by atoms with Crippen LogP contribution in [0.3, 0.4) is 0 Å². The fourth-order valence-corrected chi connectivity index (χ4v) is 5.47. The molecule has 0 fully saturated rings. The summed E-state index contributed by atoms with van der Waals surface area (Å²) in [6.07, 6.45) is 0. The van der Waals surface area contributed by atoms with Gasteiger partial charge in [0.1, 0.15) is 0 Å². The Balaban J connectivity index is 2.01. The van der Waals surface area contributed by atoms with Gasteiger partial charge in [0.15, 0.2) is 0 Å². The van der Waals surface area contributed by atoms with E-state index in [1.807, 2.05) is 11.3 Å². The van der Waals surface area contributed by atoms with Crippen LogP contribution in [0, 0.1) is 0 Å². The molecule has 2 N–H and O–H groups in total. The van der Waals surface area contributed by atoms with Crippen LogP contribution in [0.2, 0.25) is 0 Å². The predicted molar refractivity (Wildman–Crippen MR) is 116 cm³/mol. The van der Waals surface area contributed by atoms with E-state index in [9.17, 15) is 0 Å². The van der Waals surface area contributed by atoms with Gasteiger partial charge in [-0.2, -0.15) is 0 Å². The standard InChI is InChI=1S/C24H15NS/c25-20-13-15-10-9-14-5-1-2-6-16(14)22(15)23-19(20)12-11-18-17-7-3-4-8-21(17)26-24(18)23/h1-13H,25H2. The smallest absolute Gasteiger partial charge is 0.0441 e. The highest BCUT2D eigenvalue weighted by atomic mass is 32.1. The summed E-state index contributed by atoms with van der Waals surface area (Å²) < 4.78 is 2.66. The highest BCUT2D eigenvalue weighted by Crippen LogP contribution is 2.44. The van der Waals surface area contributed by atoms with Crippen LogP contribution < -0.4 is 5.73 Å². The van der Waals surface area contributed by atoms with Crippen molar-refractivity contribution in [2.75, 3.05) is 5.73 Å². The molecule has 6 rings (SSSR count). The summed E-state index contributed by atoms with van der Waals surface area (Å²) in [5.41, 5.74) is 7.31. The van der Waals surface area contributed by atoms with E-state index in [4.69, 9.17) is 5.73 Å². The zero-order valence-corrected chi connectivity index (χ0v) is 14.8. The first-order chi connectivity index (χ1) is 12.8. The summed E-state index contributed by atoms with van der Waals surface area (Å²) in [7, 11) is 0. The summed E-state index contributed by atoms with van der Waals surface area (Å²) in [6.45, 7) is 0. The average molecular weight is 349 g/mol. The molecule has 0 aliphatic rings. The second-order valence-electron chi connectivity index (χ2n) is 6.81. The zero-order chi connectivity index (χ0) is 17.3. The van der Waals surface area contributed by atoms with Crippen molar-refractivity contribution in [2.24, 2.45) is 0 Å². The predicted octanol–water partition coefficient (Wildman–Crippen LogP) is 7.10. The number of benzene rings is 5. The fourth-order valence-electron chi connectivity index (χ4n) is 4.21. The molecule has 5 aromatic carbocycles. The molecule has 0 atom stereocenters. The van der Waals surface area contributed by atoms with Crippen LogP contribution in [0.5, 0.6) is 0 Å². The van der Waals surface area contributed by atoms with Crippen molar-refractivity contribution in [1.29, 1.82) is 0 Å². The number of anilines is 1. The lowest BCUT2D eigenvalue weighted by Gasteiger charge is -2.11. The first-order valence-corrected chi connectivity index (χ1v) is 9.57. The summed E-state index contributed by atoms with van der Waals surface area (Å²) in [5, 5.41) is 10.2. The number of hydrogen-bond donors (Lipinski definition) is 1. The molecule has 1 heterocycles. The van der Waals surface area contributed by atoms with Gasteiger partial charge in [0.2, 0.25) is 0 Å². The van der Waals surface area contributed by atoms with E-state index >= 15 is 0 Å². The Labute approximate surface area is 154 Å². The molecule has 2 heteroatoms. The monoisotopic (exact) mass is 349 g/mol. The molecule has 0 aliphatic heterocycles. The molecule has 0 aliphatic carbocycles. The maximum absolute atomic E-state index is 6.46. The third kappa shape index (κ3) is 1.74. The van der Waals surface area contributed by atoms with Crippen LogP contribution in [-0.4, -0.2) is 0 Å². The topological polar surface area (TPSA) is 26.0 Å². The van der Waals surface area contributed by atoms with Crippen molar-refractivity contribution in [2.45, 2.75) is 0 Å². The highest BCUT2D eigenvalue weighted by molar-refractivity contribution is 7.26. The van der Waals surface area contributed by atoms with Gasteiger partial charge in [-0.1, -0.05) is 66.7 Å². The molecule has 0 saturated heterocycles. The minimum atomic E-state index is 0.849. The van der Waals surface area contributed by atoms with E-state index in [1.165, 1.54) is 47.1 Å². The van der Waals surface area contributed by atoms with Gasteiger partial charge in [0.25, 0.3) is 0 Å². The molecular weight excluding hydrogens is 334 g/mol. The van der Waals surface area contributed by atoms with E-state index in [0.29, 0.717) is 0 Å². The number of nitrogens with two attached hydrogens (primary N) is 1. The van der Waals surface area contributed by atoms with Gasteiger partial charge in [0.05, 0.1) is 0 Å². The Hall–Kier alpha value is -3.10. The normalized spacial score (nSPS) is 12.0. The fraction of sp³-hybridized carbons (Fsp3) is 0. The second-order valence-corrected chi connectivity index (χ2v) is 7.87. The Bertz CT molecular complexity index is 1490. The van der Waals surface area contributed by atoms with Gasteiger partial charge >= 0.3 is 0 Å². The van der Waals surface area contributed by atoms with Crippen LogP contribution in [0.4, 0.5) is 5.69 Å². The maximum Gasteiger partial charge on any atom is 0.0441 e. The molecule has 1 nitrogen and oxygen atoms in total. The Morgan fingerprint density at radius 1 is 0.577 bits per heavy atom. The lowest BCUT2D eigenvalue weighted by atomic mass is 9.94. The maximum atomic E-state index is 6.46. The Kier molecular flexibility index (Phi) is 2.69. The van der Waals surface area contributed by atoms with Crippen LogP contribution >= 0.6 is 11.3 Å². The lowest BCUT2D eigenvalue weighted by molar-refractivity contribution is 1.78. The van der Waals surface area contributed by atoms with Gasteiger partial charge in [-0.05, 0) is 33.7 Å². The highest BCUT2D eigenvalue weighted by Gasteiger charge is 2.14.